The van der Waals surface area contributed by atoms with Crippen LogP contribution in [-0.4, -0.2) is 36.9 Å². The summed E-state index contributed by atoms with van der Waals surface area (Å²) in [5.74, 6) is 0.747. The SMILES string of the molecule is Cc1cccc(NC(N)=NCC(O)COCC(C)C)c1. The van der Waals surface area contributed by atoms with Crippen molar-refractivity contribution < 1.29 is 9.84 Å². The first-order valence-corrected chi connectivity index (χ1v) is 6.86. The van der Waals surface area contributed by atoms with E-state index in [1.807, 2.05) is 31.2 Å². The van der Waals surface area contributed by atoms with Crippen molar-refractivity contribution in [2.45, 2.75) is 26.9 Å². The molecule has 20 heavy (non-hydrogen) atoms. The van der Waals surface area contributed by atoms with Crippen LogP contribution in [-0.2, 0) is 4.74 Å². The Balaban J connectivity index is 2.34. The zero-order valence-corrected chi connectivity index (χ0v) is 12.5. The van der Waals surface area contributed by atoms with Crippen LogP contribution in [0.3, 0.4) is 0 Å². The van der Waals surface area contributed by atoms with Crippen LogP contribution in [0.25, 0.3) is 0 Å². The molecule has 1 rings (SSSR count). The normalized spacial score (nSPS) is 13.6. The lowest BCUT2D eigenvalue weighted by Crippen LogP contribution is -2.26. The standard InChI is InChI=1S/C15H25N3O2/c1-11(2)9-20-10-14(19)8-17-15(16)18-13-6-4-5-12(3)7-13/h4-7,11,14,19H,8-10H2,1-3H3,(H3,16,17,18). The molecule has 0 heterocycles. The van der Waals surface area contributed by atoms with Gasteiger partial charge in [0.2, 0.25) is 0 Å². The molecule has 0 radical (unpaired) electrons. The van der Waals surface area contributed by atoms with E-state index in [4.69, 9.17) is 10.5 Å². The average Bonchev–Trinajstić information content (AvgIpc) is 2.36. The Morgan fingerprint density at radius 3 is 2.80 bits per heavy atom. The summed E-state index contributed by atoms with van der Waals surface area (Å²) in [6.07, 6.45) is -0.633. The van der Waals surface area contributed by atoms with Crippen molar-refractivity contribution in [3.05, 3.63) is 29.8 Å². The smallest absolute Gasteiger partial charge is 0.193 e. The largest absolute Gasteiger partial charge is 0.389 e. The third kappa shape index (κ3) is 7.11. The van der Waals surface area contributed by atoms with Gasteiger partial charge < -0.3 is 20.9 Å². The fraction of sp³-hybridized carbons (Fsp3) is 0.533. The van der Waals surface area contributed by atoms with Crippen LogP contribution in [0.4, 0.5) is 5.69 Å². The molecule has 1 unspecified atom stereocenters. The summed E-state index contributed by atoms with van der Waals surface area (Å²) in [7, 11) is 0. The molecule has 0 saturated carbocycles. The molecular weight excluding hydrogens is 254 g/mol. The number of hydrogen-bond acceptors (Lipinski definition) is 3. The molecule has 0 aromatic heterocycles. The number of aliphatic imine (C=N–C) groups is 1. The number of rotatable bonds is 7. The minimum Gasteiger partial charge on any atom is -0.389 e. The van der Waals surface area contributed by atoms with E-state index in [1.54, 1.807) is 0 Å². The van der Waals surface area contributed by atoms with Gasteiger partial charge in [-0.3, -0.25) is 4.99 Å². The molecule has 1 aromatic rings. The van der Waals surface area contributed by atoms with E-state index in [-0.39, 0.29) is 13.2 Å². The highest BCUT2D eigenvalue weighted by Gasteiger charge is 2.04. The maximum Gasteiger partial charge on any atom is 0.193 e. The van der Waals surface area contributed by atoms with Crippen LogP contribution in [0.5, 0.6) is 0 Å². The first-order chi connectivity index (χ1) is 9.47. The Labute approximate surface area is 120 Å². The summed E-state index contributed by atoms with van der Waals surface area (Å²) < 4.78 is 5.34. The molecule has 1 atom stereocenters. The maximum atomic E-state index is 9.71. The lowest BCUT2D eigenvalue weighted by molar-refractivity contribution is 0.0302. The molecule has 0 aliphatic rings. The summed E-state index contributed by atoms with van der Waals surface area (Å²) in [6.45, 7) is 7.27. The van der Waals surface area contributed by atoms with Gasteiger partial charge in [0.25, 0.3) is 0 Å². The molecule has 0 aliphatic heterocycles. The molecule has 0 amide bonds. The molecule has 0 saturated heterocycles. The van der Waals surface area contributed by atoms with Gasteiger partial charge in [0.1, 0.15) is 0 Å². The van der Waals surface area contributed by atoms with Crippen molar-refractivity contribution in [1.29, 1.82) is 0 Å². The summed E-state index contributed by atoms with van der Waals surface area (Å²) in [4.78, 5) is 4.10. The van der Waals surface area contributed by atoms with Crippen molar-refractivity contribution in [3.63, 3.8) is 0 Å². The van der Waals surface area contributed by atoms with Crippen LogP contribution in [0.15, 0.2) is 29.3 Å². The van der Waals surface area contributed by atoms with E-state index >= 15 is 0 Å². The van der Waals surface area contributed by atoms with E-state index in [1.165, 1.54) is 0 Å². The van der Waals surface area contributed by atoms with Gasteiger partial charge in [-0.25, -0.2) is 0 Å². The number of guanidine groups is 1. The highest BCUT2D eigenvalue weighted by molar-refractivity contribution is 5.92. The minimum absolute atomic E-state index is 0.225. The number of aliphatic hydroxyl groups is 1. The second kappa shape index (κ2) is 8.55. The van der Waals surface area contributed by atoms with Gasteiger partial charge in [0, 0.05) is 12.3 Å². The van der Waals surface area contributed by atoms with Gasteiger partial charge in [0.15, 0.2) is 5.96 Å². The Morgan fingerprint density at radius 2 is 2.15 bits per heavy atom. The Kier molecular flexibility index (Phi) is 7.04. The molecule has 1 aromatic carbocycles. The number of nitrogens with one attached hydrogen (secondary N) is 1. The molecule has 5 heteroatoms. The first-order valence-electron chi connectivity index (χ1n) is 6.86. The molecule has 0 spiro atoms. The monoisotopic (exact) mass is 279 g/mol. The van der Waals surface area contributed by atoms with Crippen LogP contribution < -0.4 is 11.1 Å². The Bertz CT molecular complexity index is 433. The van der Waals surface area contributed by atoms with E-state index in [0.717, 1.165) is 11.3 Å². The minimum atomic E-state index is -0.633. The lowest BCUT2D eigenvalue weighted by Gasteiger charge is -2.11. The predicted octanol–water partition coefficient (Wildman–Crippen LogP) is 1.76. The van der Waals surface area contributed by atoms with Gasteiger partial charge in [-0.05, 0) is 30.5 Å². The van der Waals surface area contributed by atoms with E-state index in [0.29, 0.717) is 18.5 Å². The molecule has 0 fully saturated rings. The van der Waals surface area contributed by atoms with Gasteiger partial charge in [-0.2, -0.15) is 0 Å². The van der Waals surface area contributed by atoms with Crippen molar-refractivity contribution in [2.75, 3.05) is 25.1 Å². The zero-order chi connectivity index (χ0) is 15.0. The van der Waals surface area contributed by atoms with Crippen molar-refractivity contribution in [2.24, 2.45) is 16.6 Å². The van der Waals surface area contributed by atoms with Crippen molar-refractivity contribution in [3.8, 4) is 0 Å². The van der Waals surface area contributed by atoms with Crippen molar-refractivity contribution in [1.82, 2.24) is 0 Å². The quantitative estimate of drug-likeness (QED) is 0.525. The number of nitrogens with zero attached hydrogens (tertiary/aromatic N) is 1. The fourth-order valence-electron chi connectivity index (χ4n) is 1.61. The summed E-state index contributed by atoms with van der Waals surface area (Å²) in [5, 5.41) is 12.7. The molecule has 5 nitrogen and oxygen atoms in total. The number of benzene rings is 1. The molecule has 0 bridgehead atoms. The van der Waals surface area contributed by atoms with Crippen molar-refractivity contribution >= 4 is 11.6 Å². The number of aliphatic hydroxyl groups excluding tert-OH is 1. The van der Waals surface area contributed by atoms with Crippen LogP contribution in [0.1, 0.15) is 19.4 Å². The summed E-state index contributed by atoms with van der Waals surface area (Å²) in [6, 6.07) is 7.84. The second-order valence-corrected chi connectivity index (χ2v) is 5.31. The second-order valence-electron chi connectivity index (χ2n) is 5.31. The average molecular weight is 279 g/mol. The number of anilines is 1. The van der Waals surface area contributed by atoms with Crippen LogP contribution >= 0.6 is 0 Å². The molecular formula is C15H25N3O2. The van der Waals surface area contributed by atoms with Gasteiger partial charge in [0.05, 0.1) is 19.3 Å². The highest BCUT2D eigenvalue weighted by Crippen LogP contribution is 2.08. The number of ether oxygens (including phenoxy) is 1. The van der Waals surface area contributed by atoms with E-state index in [9.17, 15) is 5.11 Å². The third-order valence-corrected chi connectivity index (χ3v) is 2.52. The lowest BCUT2D eigenvalue weighted by atomic mass is 10.2. The molecule has 112 valence electrons. The fourth-order valence-corrected chi connectivity index (χ4v) is 1.61. The van der Waals surface area contributed by atoms with Crippen LogP contribution in [0, 0.1) is 12.8 Å². The van der Waals surface area contributed by atoms with Gasteiger partial charge in [-0.15, -0.1) is 0 Å². The number of hydrogen-bond donors (Lipinski definition) is 3. The van der Waals surface area contributed by atoms with Gasteiger partial charge in [-0.1, -0.05) is 26.0 Å². The summed E-state index contributed by atoms with van der Waals surface area (Å²) >= 11 is 0. The number of aryl methyl sites for hydroxylation is 1. The van der Waals surface area contributed by atoms with E-state index in [2.05, 4.69) is 24.2 Å². The molecule has 0 aliphatic carbocycles. The summed E-state index contributed by atoms with van der Waals surface area (Å²) in [5.41, 5.74) is 7.80. The number of nitrogens with two attached hydrogens (primary N) is 1. The molecule has 4 N–H and O–H groups in total. The predicted molar refractivity (Wildman–Crippen MR) is 83.0 cm³/mol. The Hall–Kier alpha value is -1.59. The first kappa shape index (κ1) is 16.5. The highest BCUT2D eigenvalue weighted by atomic mass is 16.5. The van der Waals surface area contributed by atoms with E-state index < -0.39 is 6.10 Å². The Morgan fingerprint density at radius 1 is 1.40 bits per heavy atom. The zero-order valence-electron chi connectivity index (χ0n) is 12.5. The maximum absolute atomic E-state index is 9.71. The third-order valence-electron chi connectivity index (χ3n) is 2.52. The topological polar surface area (TPSA) is 79.9 Å². The van der Waals surface area contributed by atoms with Gasteiger partial charge >= 0.3 is 0 Å². The van der Waals surface area contributed by atoms with Crippen LogP contribution in [0.2, 0.25) is 0 Å².